The molecule has 3 rings (SSSR count). The second-order valence-corrected chi connectivity index (χ2v) is 4.27. The average molecular weight is 178 g/mol. The fraction of sp³-hybridized carbons (Fsp3) is 0.700. The van der Waals surface area contributed by atoms with Crippen LogP contribution in [0.25, 0.3) is 0 Å². The Morgan fingerprint density at radius 1 is 1.54 bits per heavy atom. The van der Waals surface area contributed by atoms with Gasteiger partial charge in [0.2, 0.25) is 0 Å². The molecule has 3 unspecified atom stereocenters. The summed E-state index contributed by atoms with van der Waals surface area (Å²) < 4.78 is 4.99. The van der Waals surface area contributed by atoms with E-state index >= 15 is 0 Å². The lowest BCUT2D eigenvalue weighted by atomic mass is 9.86. The molecule has 1 aromatic heterocycles. The predicted octanol–water partition coefficient (Wildman–Crippen LogP) is 1.59. The van der Waals surface area contributed by atoms with Gasteiger partial charge < -0.3 is 9.84 Å². The van der Waals surface area contributed by atoms with Gasteiger partial charge in [-0.25, -0.2) is 0 Å². The maximum absolute atomic E-state index is 4.99. The van der Waals surface area contributed by atoms with Gasteiger partial charge in [-0.3, -0.25) is 0 Å². The second-order valence-electron chi connectivity index (χ2n) is 4.27. The third-order valence-electron chi connectivity index (χ3n) is 3.44. The van der Waals surface area contributed by atoms with Gasteiger partial charge in [0, 0.05) is 23.6 Å². The molecule has 2 fully saturated rings. The van der Waals surface area contributed by atoms with Crippen LogP contribution in [0.15, 0.2) is 10.8 Å². The second kappa shape index (κ2) is 2.58. The van der Waals surface area contributed by atoms with Crippen LogP contribution in [0.5, 0.6) is 0 Å². The highest BCUT2D eigenvalue weighted by molar-refractivity contribution is 5.23. The van der Waals surface area contributed by atoms with Crippen LogP contribution in [0.2, 0.25) is 0 Å². The Labute approximate surface area is 77.5 Å². The van der Waals surface area contributed by atoms with Gasteiger partial charge in [-0.15, -0.1) is 0 Å². The Kier molecular flexibility index (Phi) is 1.50. The van der Waals surface area contributed by atoms with Crippen molar-refractivity contribution in [3.63, 3.8) is 0 Å². The molecule has 0 spiro atoms. The number of nitrogens with zero attached hydrogens (tertiary/aromatic N) is 1. The molecule has 2 aliphatic heterocycles. The van der Waals surface area contributed by atoms with E-state index in [1.165, 1.54) is 30.5 Å². The average Bonchev–Trinajstić information content (AvgIpc) is 2.77. The Morgan fingerprint density at radius 2 is 2.46 bits per heavy atom. The molecule has 0 aliphatic carbocycles. The van der Waals surface area contributed by atoms with Crippen molar-refractivity contribution < 1.29 is 4.52 Å². The van der Waals surface area contributed by atoms with Crippen molar-refractivity contribution in [2.75, 3.05) is 0 Å². The molecule has 3 heterocycles. The topological polar surface area (TPSA) is 38.1 Å². The van der Waals surface area contributed by atoms with Gasteiger partial charge in [-0.1, -0.05) is 5.16 Å². The molecule has 1 aromatic rings. The monoisotopic (exact) mass is 178 g/mol. The fourth-order valence-electron chi connectivity index (χ4n) is 2.78. The lowest BCUT2D eigenvalue weighted by Gasteiger charge is -2.17. The molecule has 3 atom stereocenters. The van der Waals surface area contributed by atoms with Gasteiger partial charge in [-0.2, -0.15) is 0 Å². The van der Waals surface area contributed by atoms with E-state index in [0.717, 1.165) is 6.04 Å². The van der Waals surface area contributed by atoms with Crippen LogP contribution in [0, 0.1) is 6.92 Å². The zero-order valence-electron chi connectivity index (χ0n) is 7.79. The molecule has 1 N–H and O–H groups in total. The summed E-state index contributed by atoms with van der Waals surface area (Å²) in [7, 11) is 0. The number of aryl methyl sites for hydroxylation is 1. The molecule has 2 aliphatic rings. The first-order chi connectivity index (χ1) is 6.34. The van der Waals surface area contributed by atoms with Crippen molar-refractivity contribution in [3.8, 4) is 0 Å². The van der Waals surface area contributed by atoms with E-state index in [0.29, 0.717) is 12.0 Å². The van der Waals surface area contributed by atoms with Gasteiger partial charge in [-0.05, 0) is 26.2 Å². The van der Waals surface area contributed by atoms with E-state index < -0.39 is 0 Å². The van der Waals surface area contributed by atoms with E-state index in [2.05, 4.69) is 17.4 Å². The zero-order chi connectivity index (χ0) is 8.84. The van der Waals surface area contributed by atoms with Crippen LogP contribution < -0.4 is 5.32 Å². The summed E-state index contributed by atoms with van der Waals surface area (Å²) >= 11 is 0. The quantitative estimate of drug-likeness (QED) is 0.709. The molecular weight excluding hydrogens is 164 g/mol. The van der Waals surface area contributed by atoms with Crippen LogP contribution in [0.3, 0.4) is 0 Å². The van der Waals surface area contributed by atoms with Crippen LogP contribution in [0.4, 0.5) is 0 Å². The van der Waals surface area contributed by atoms with E-state index in [1.807, 2.05) is 0 Å². The highest BCUT2D eigenvalue weighted by atomic mass is 16.5. The maximum Gasteiger partial charge on any atom is 0.127 e. The van der Waals surface area contributed by atoms with Crippen molar-refractivity contribution in [1.29, 1.82) is 0 Å². The summed E-state index contributed by atoms with van der Waals surface area (Å²) in [5.74, 6) is 0.609. The highest BCUT2D eigenvalue weighted by Crippen LogP contribution is 2.40. The predicted molar refractivity (Wildman–Crippen MR) is 48.5 cm³/mol. The van der Waals surface area contributed by atoms with Gasteiger partial charge in [0.15, 0.2) is 0 Å². The molecule has 0 amide bonds. The summed E-state index contributed by atoms with van der Waals surface area (Å²) in [6, 6.07) is 1.40. The van der Waals surface area contributed by atoms with Crippen LogP contribution in [-0.4, -0.2) is 17.2 Å². The Morgan fingerprint density at radius 3 is 3.00 bits per heavy atom. The summed E-state index contributed by atoms with van der Waals surface area (Å²) in [5, 5.41) is 7.71. The number of nitrogens with one attached hydrogen (secondary N) is 1. The number of aromatic nitrogens is 1. The van der Waals surface area contributed by atoms with Crippen molar-refractivity contribution >= 4 is 0 Å². The minimum atomic E-state index is 0.609. The van der Waals surface area contributed by atoms with Gasteiger partial charge >= 0.3 is 0 Å². The van der Waals surface area contributed by atoms with Gasteiger partial charge in [0.1, 0.15) is 6.26 Å². The minimum Gasteiger partial charge on any atom is -0.364 e. The smallest absolute Gasteiger partial charge is 0.127 e. The van der Waals surface area contributed by atoms with Crippen molar-refractivity contribution in [2.45, 2.75) is 44.2 Å². The normalized spacial score (nSPS) is 37.2. The molecule has 2 saturated heterocycles. The van der Waals surface area contributed by atoms with Crippen LogP contribution >= 0.6 is 0 Å². The molecule has 0 radical (unpaired) electrons. The molecule has 3 nitrogen and oxygen atoms in total. The van der Waals surface area contributed by atoms with E-state index in [9.17, 15) is 0 Å². The van der Waals surface area contributed by atoms with Crippen molar-refractivity contribution in [1.82, 2.24) is 10.5 Å². The molecule has 13 heavy (non-hydrogen) atoms. The molecular formula is C10H14N2O. The Hall–Kier alpha value is -0.830. The zero-order valence-corrected chi connectivity index (χ0v) is 7.79. The summed E-state index contributed by atoms with van der Waals surface area (Å²) in [5.41, 5.74) is 2.39. The van der Waals surface area contributed by atoms with E-state index in [1.54, 1.807) is 6.26 Å². The van der Waals surface area contributed by atoms with Gasteiger partial charge in [0.05, 0.1) is 5.69 Å². The number of hydrogen-bond acceptors (Lipinski definition) is 3. The lowest BCUT2D eigenvalue weighted by molar-refractivity contribution is 0.393. The minimum absolute atomic E-state index is 0.609. The third-order valence-corrected chi connectivity index (χ3v) is 3.44. The summed E-state index contributed by atoms with van der Waals surface area (Å²) in [6.07, 6.45) is 5.65. The Balaban J connectivity index is 1.91. The first-order valence-electron chi connectivity index (χ1n) is 5.01. The van der Waals surface area contributed by atoms with Crippen molar-refractivity contribution in [2.24, 2.45) is 0 Å². The Bertz CT molecular complexity index is 320. The maximum atomic E-state index is 4.99. The molecule has 3 heteroatoms. The van der Waals surface area contributed by atoms with Gasteiger partial charge in [0.25, 0.3) is 0 Å². The largest absolute Gasteiger partial charge is 0.364 e. The van der Waals surface area contributed by atoms with E-state index in [-0.39, 0.29) is 0 Å². The molecule has 70 valence electrons. The third kappa shape index (κ3) is 1.03. The SMILES string of the molecule is Cc1conc1C1CC2CCC1N2. The highest BCUT2D eigenvalue weighted by Gasteiger charge is 2.41. The first kappa shape index (κ1) is 7.56. The number of hydrogen-bond donors (Lipinski definition) is 1. The van der Waals surface area contributed by atoms with Crippen LogP contribution in [0.1, 0.15) is 36.4 Å². The molecule has 0 aromatic carbocycles. The molecule has 2 bridgehead atoms. The number of rotatable bonds is 1. The first-order valence-corrected chi connectivity index (χ1v) is 5.01. The summed E-state index contributed by atoms with van der Waals surface area (Å²) in [4.78, 5) is 0. The number of fused-ring (bicyclic) bond motifs is 2. The standard InChI is InChI=1S/C10H14N2O/c1-6-5-13-12-10(6)8-4-7-2-3-9(8)11-7/h5,7-9,11H,2-4H2,1H3. The molecule has 0 saturated carbocycles. The van der Waals surface area contributed by atoms with E-state index in [4.69, 9.17) is 4.52 Å². The lowest BCUT2D eigenvalue weighted by Crippen LogP contribution is -2.22. The fourth-order valence-corrected chi connectivity index (χ4v) is 2.78. The summed E-state index contributed by atoms with van der Waals surface area (Å²) in [6.45, 7) is 2.08. The van der Waals surface area contributed by atoms with Crippen molar-refractivity contribution in [3.05, 3.63) is 17.5 Å². The van der Waals surface area contributed by atoms with Crippen LogP contribution in [-0.2, 0) is 0 Å².